The third-order valence-electron chi connectivity index (χ3n) is 5.90. The van der Waals surface area contributed by atoms with Gasteiger partial charge in [-0.15, -0.1) is 6.58 Å². The zero-order chi connectivity index (χ0) is 19.8. The fourth-order valence-corrected chi connectivity index (χ4v) is 4.07. The second kappa shape index (κ2) is 7.23. The molecular formula is C19H35NO4Si. The van der Waals surface area contributed by atoms with Crippen LogP contribution in [0.5, 0.6) is 0 Å². The summed E-state index contributed by atoms with van der Waals surface area (Å²) in [7, 11) is -2.07. The Bertz CT molecular complexity index is 538. The second-order valence-electron chi connectivity index (χ2n) is 9.07. The summed E-state index contributed by atoms with van der Waals surface area (Å²) < 4.78 is 11.6. The van der Waals surface area contributed by atoms with Gasteiger partial charge in [0.05, 0.1) is 17.6 Å². The summed E-state index contributed by atoms with van der Waals surface area (Å²) >= 11 is 0. The van der Waals surface area contributed by atoms with E-state index in [2.05, 4.69) is 40.4 Å². The summed E-state index contributed by atoms with van der Waals surface area (Å²) in [5, 5.41) is 0.0272. The molecule has 1 fully saturated rings. The van der Waals surface area contributed by atoms with Crippen molar-refractivity contribution in [3.8, 4) is 0 Å². The van der Waals surface area contributed by atoms with E-state index in [0.717, 1.165) is 0 Å². The Hall–Kier alpha value is -1.14. The van der Waals surface area contributed by atoms with Gasteiger partial charge in [0, 0.05) is 0 Å². The Kier molecular flexibility index (Phi) is 6.33. The van der Waals surface area contributed by atoms with E-state index < -0.39 is 19.8 Å². The third kappa shape index (κ3) is 4.17. The highest BCUT2D eigenvalue weighted by atomic mass is 28.4. The minimum atomic E-state index is -2.07. The van der Waals surface area contributed by atoms with Gasteiger partial charge >= 0.3 is 6.09 Å². The van der Waals surface area contributed by atoms with Gasteiger partial charge in [0.2, 0.25) is 5.91 Å². The van der Waals surface area contributed by atoms with E-state index in [4.69, 9.17) is 9.16 Å². The highest BCUT2D eigenvalue weighted by Crippen LogP contribution is 2.41. The molecule has 144 valence electrons. The quantitative estimate of drug-likeness (QED) is 0.507. The number of rotatable bonds is 6. The molecule has 0 aromatic heterocycles. The average molecular weight is 370 g/mol. The van der Waals surface area contributed by atoms with Crippen molar-refractivity contribution >= 4 is 20.3 Å². The van der Waals surface area contributed by atoms with E-state index in [0.29, 0.717) is 0 Å². The lowest BCUT2D eigenvalue weighted by atomic mass is 9.83. The number of imide groups is 1. The van der Waals surface area contributed by atoms with Gasteiger partial charge in [0.1, 0.15) is 6.61 Å². The first-order chi connectivity index (χ1) is 11.2. The topological polar surface area (TPSA) is 55.8 Å². The molecule has 1 aliphatic heterocycles. The van der Waals surface area contributed by atoms with Gasteiger partial charge in [-0.3, -0.25) is 4.79 Å². The summed E-state index contributed by atoms with van der Waals surface area (Å²) in [6.07, 6.45) is 0.645. The Morgan fingerprint density at radius 3 is 2.24 bits per heavy atom. The van der Waals surface area contributed by atoms with Crippen LogP contribution in [0.3, 0.4) is 0 Å². The molecular weight excluding hydrogens is 334 g/mol. The number of amides is 2. The van der Waals surface area contributed by atoms with Crippen molar-refractivity contribution in [2.24, 2.45) is 11.3 Å². The van der Waals surface area contributed by atoms with E-state index in [1.807, 2.05) is 20.8 Å². The minimum absolute atomic E-state index is 0.0272. The highest BCUT2D eigenvalue weighted by molar-refractivity contribution is 6.74. The Labute approximate surface area is 153 Å². The first-order valence-corrected chi connectivity index (χ1v) is 11.9. The van der Waals surface area contributed by atoms with E-state index >= 15 is 0 Å². The molecule has 0 spiro atoms. The van der Waals surface area contributed by atoms with Gasteiger partial charge < -0.3 is 9.16 Å². The molecule has 5 nitrogen and oxygen atoms in total. The predicted octanol–water partition coefficient (Wildman–Crippen LogP) is 4.59. The molecule has 1 rings (SSSR count). The van der Waals surface area contributed by atoms with Crippen molar-refractivity contribution in [2.75, 3.05) is 6.61 Å². The van der Waals surface area contributed by atoms with E-state index in [1.165, 1.54) is 4.90 Å². The largest absolute Gasteiger partial charge is 0.447 e. The van der Waals surface area contributed by atoms with Gasteiger partial charge in [-0.2, -0.15) is 0 Å². The standard InChI is InChI=1S/C19H35NO4Si/c1-11-19(8,14(4)24-25(9,10)18(5,6)7)16(21)20-15(13(2)3)12-23-17(20)22/h11,13-15H,1,12H2,2-10H3/t14-,15?,19?/m0/s1. The highest BCUT2D eigenvalue weighted by Gasteiger charge is 2.50. The van der Waals surface area contributed by atoms with Crippen LogP contribution in [-0.2, 0) is 14.0 Å². The smallest absolute Gasteiger partial charge is 0.417 e. The fourth-order valence-electron chi connectivity index (χ4n) is 2.59. The first-order valence-electron chi connectivity index (χ1n) is 9.01. The molecule has 0 saturated carbocycles. The Morgan fingerprint density at radius 1 is 1.32 bits per heavy atom. The van der Waals surface area contributed by atoms with Crippen molar-refractivity contribution in [1.82, 2.24) is 4.90 Å². The number of nitrogens with zero attached hydrogens (tertiary/aromatic N) is 1. The normalized spacial score (nSPS) is 22.6. The lowest BCUT2D eigenvalue weighted by molar-refractivity contribution is -0.141. The number of ether oxygens (including phenoxy) is 1. The molecule has 1 aliphatic rings. The molecule has 3 atom stereocenters. The summed E-state index contributed by atoms with van der Waals surface area (Å²) in [6, 6.07) is -0.251. The van der Waals surface area contributed by atoms with Crippen molar-refractivity contribution in [1.29, 1.82) is 0 Å². The van der Waals surface area contributed by atoms with Gasteiger partial charge in [-0.25, -0.2) is 9.69 Å². The second-order valence-corrected chi connectivity index (χ2v) is 13.8. The SMILES string of the molecule is C=CC(C)(C(=O)N1C(=O)OCC1C(C)C)[C@H](C)O[Si](C)(C)C(C)(C)C. The molecule has 1 heterocycles. The Morgan fingerprint density at radius 2 is 1.84 bits per heavy atom. The number of hydrogen-bond donors (Lipinski definition) is 0. The molecule has 25 heavy (non-hydrogen) atoms. The summed E-state index contributed by atoms with van der Waals surface area (Å²) in [5.41, 5.74) is -0.994. The Balaban J connectivity index is 3.14. The van der Waals surface area contributed by atoms with Crippen molar-refractivity contribution < 1.29 is 18.8 Å². The number of carbonyl (C=O) groups is 2. The van der Waals surface area contributed by atoms with Crippen LogP contribution in [0.2, 0.25) is 18.1 Å². The number of hydrogen-bond acceptors (Lipinski definition) is 4. The van der Waals surface area contributed by atoms with Crippen molar-refractivity contribution in [3.05, 3.63) is 12.7 Å². The minimum Gasteiger partial charge on any atom is -0.447 e. The number of carbonyl (C=O) groups excluding carboxylic acids is 2. The molecule has 0 radical (unpaired) electrons. The lowest BCUT2D eigenvalue weighted by Crippen LogP contribution is -2.55. The maximum absolute atomic E-state index is 13.3. The average Bonchev–Trinajstić information content (AvgIpc) is 2.85. The molecule has 0 bridgehead atoms. The molecule has 0 aromatic rings. The summed E-state index contributed by atoms with van der Waals surface area (Å²) in [5.74, 6) is -0.170. The van der Waals surface area contributed by atoms with Crippen LogP contribution in [-0.4, -0.2) is 44.0 Å². The van der Waals surface area contributed by atoms with Gasteiger partial charge in [-0.1, -0.05) is 40.7 Å². The maximum Gasteiger partial charge on any atom is 0.417 e. The van der Waals surface area contributed by atoms with Crippen LogP contribution in [0.4, 0.5) is 4.79 Å². The molecule has 2 amide bonds. The van der Waals surface area contributed by atoms with Crippen molar-refractivity contribution in [2.45, 2.75) is 78.7 Å². The van der Waals surface area contributed by atoms with Crippen LogP contribution in [0.25, 0.3) is 0 Å². The van der Waals surface area contributed by atoms with E-state index in [-0.39, 0.29) is 35.6 Å². The molecule has 2 unspecified atom stereocenters. The molecule has 0 aromatic carbocycles. The summed E-state index contributed by atoms with van der Waals surface area (Å²) in [6.45, 7) is 22.5. The zero-order valence-corrected chi connectivity index (χ0v) is 18.3. The monoisotopic (exact) mass is 369 g/mol. The molecule has 0 N–H and O–H groups in total. The first kappa shape index (κ1) is 21.9. The summed E-state index contributed by atoms with van der Waals surface area (Å²) in [4.78, 5) is 26.7. The maximum atomic E-state index is 13.3. The predicted molar refractivity (Wildman–Crippen MR) is 103 cm³/mol. The van der Waals surface area contributed by atoms with Crippen LogP contribution < -0.4 is 0 Å². The lowest BCUT2D eigenvalue weighted by Gasteiger charge is -2.43. The van der Waals surface area contributed by atoms with E-state index in [1.54, 1.807) is 13.0 Å². The molecule has 1 saturated heterocycles. The molecule has 0 aliphatic carbocycles. The molecule has 6 heteroatoms. The third-order valence-corrected chi connectivity index (χ3v) is 10.5. The fraction of sp³-hybridized carbons (Fsp3) is 0.789. The van der Waals surface area contributed by atoms with Gasteiger partial charge in [0.25, 0.3) is 0 Å². The van der Waals surface area contributed by atoms with Gasteiger partial charge in [0.15, 0.2) is 8.32 Å². The van der Waals surface area contributed by atoms with E-state index in [9.17, 15) is 9.59 Å². The van der Waals surface area contributed by atoms with Crippen molar-refractivity contribution in [3.63, 3.8) is 0 Å². The van der Waals surface area contributed by atoms with Gasteiger partial charge in [-0.05, 0) is 37.9 Å². The van der Waals surface area contributed by atoms with Crippen LogP contribution in [0.1, 0.15) is 48.5 Å². The van der Waals surface area contributed by atoms with Crippen LogP contribution in [0.15, 0.2) is 12.7 Å². The zero-order valence-electron chi connectivity index (χ0n) is 17.3. The van der Waals surface area contributed by atoms with Crippen LogP contribution >= 0.6 is 0 Å². The number of cyclic esters (lactones) is 1. The van der Waals surface area contributed by atoms with Crippen LogP contribution in [0, 0.1) is 11.3 Å².